The molecule has 5 heteroatoms. The molecule has 570 valence electrons. The maximum atomic E-state index is 10.3. The van der Waals surface area contributed by atoms with Gasteiger partial charge in [0.25, 0.3) is 6.71 Å². The van der Waals surface area contributed by atoms with E-state index in [0.29, 0.717) is 28.2 Å². The molecular weight excluding hydrogens is 1430 g/mol. The van der Waals surface area contributed by atoms with E-state index >= 15 is 0 Å². The minimum atomic E-state index is -0.757. The second kappa shape index (κ2) is 26.9. The Morgan fingerprint density at radius 3 is 1.25 bits per heavy atom. The van der Waals surface area contributed by atoms with Gasteiger partial charge in [-0.3, -0.25) is 0 Å². The summed E-state index contributed by atoms with van der Waals surface area (Å²) in [5.74, 6) is 0. The zero-order chi connectivity index (χ0) is 87.4. The zero-order valence-electron chi connectivity index (χ0n) is 76.7. The SMILES string of the molecule is [2H]c1c([2H])c([2H])c2c(c1[2H])c1c([2H])c([2H])c([2H])c([2H])c1n2-c1cc2c3c(c1)N(c1cccc4c1oc1c(-c5cccc6c5C(c5ccccc5)(c5ccccc5)c5ccccc5-6)cccc14)c1cc(-c4cc(C(C)(C)C)cc(C(C)(C)C)c4)ccc1B3c1ccc(-c3cc(C(C)(C)C)cc(C(C)(C)C)c3)cc1N2c1ccc(-c2ccccc2)cc1-c1ccccc1. The van der Waals surface area contributed by atoms with Gasteiger partial charge in [0.1, 0.15) is 5.58 Å². The van der Waals surface area contributed by atoms with Gasteiger partial charge in [0.2, 0.25) is 0 Å². The first-order valence-corrected chi connectivity index (χ1v) is 41.3. The highest BCUT2D eigenvalue weighted by Crippen LogP contribution is 2.60. The monoisotopic (exact) mass is 1530 g/mol. The van der Waals surface area contributed by atoms with Crippen molar-refractivity contribution in [2.24, 2.45) is 0 Å². The van der Waals surface area contributed by atoms with Crippen LogP contribution in [0.15, 0.2) is 356 Å². The molecule has 0 bridgehead atoms. The van der Waals surface area contributed by atoms with Crippen molar-refractivity contribution >= 4 is 101 Å². The van der Waals surface area contributed by atoms with Gasteiger partial charge in [-0.1, -0.05) is 380 Å². The fourth-order valence-corrected chi connectivity index (χ4v) is 19.3. The first-order chi connectivity index (χ1) is 60.4. The Balaban J connectivity index is 0.929. The van der Waals surface area contributed by atoms with Crippen LogP contribution in [0, 0.1) is 0 Å². The molecule has 0 N–H and O–H groups in total. The molecule has 0 unspecified atom stereocenters. The van der Waals surface area contributed by atoms with Crippen LogP contribution in [0.1, 0.15) is 139 Å². The standard InChI is InChI=1S/C113H94BN3O/c1-109(2,3)80-60-76(61-81(67-80)110(4,5)6)74-54-57-95-101(65-74)116(99-59-56-73(71-34-17-13-18-35-71)64-93(99)72-36-19-14-20-37-72)103-69-84(115-97-51-29-26-43-86(97)87-44-27-30-52-98(87)115)70-104-106(103)114(95)96-58-55-75(77-62-82(111(7,8)9)68-83(63-77)112(10,11)12)66-102(96)117(104)100-53-33-49-92-91-48-32-47-90(107(91)118-108(92)100)89-46-31-45-88-85-42-25-28-50-94(85)113(105(88)89,78-38-21-15-22-39-78)79-40-23-16-24-41-79/h13-70H,1-12H3/i26D,27D,29D,30D,43D,44D,51D,52D. The summed E-state index contributed by atoms with van der Waals surface area (Å²) in [5, 5.41) is 1.75. The maximum Gasteiger partial charge on any atom is 0.252 e. The smallest absolute Gasteiger partial charge is 0.252 e. The van der Waals surface area contributed by atoms with Crippen LogP contribution < -0.4 is 26.2 Å². The van der Waals surface area contributed by atoms with Crippen LogP contribution >= 0.6 is 0 Å². The molecule has 1 aliphatic carbocycles. The van der Waals surface area contributed by atoms with E-state index in [4.69, 9.17) is 4.42 Å². The molecule has 0 spiro atoms. The van der Waals surface area contributed by atoms with E-state index in [9.17, 15) is 11.0 Å². The van der Waals surface area contributed by atoms with Crippen LogP contribution in [0.2, 0.25) is 0 Å². The average Bonchev–Trinajstić information content (AvgIpc) is 1.34. The molecule has 118 heavy (non-hydrogen) atoms. The number of nitrogens with zero attached hydrogens (tertiary/aromatic N) is 3. The Kier molecular flexibility index (Phi) is 14.6. The minimum absolute atomic E-state index is 0.00621. The van der Waals surface area contributed by atoms with Gasteiger partial charge in [0, 0.05) is 55.4 Å². The number of rotatable bonds is 10. The van der Waals surface area contributed by atoms with Crippen molar-refractivity contribution in [1.82, 2.24) is 4.57 Å². The van der Waals surface area contributed by atoms with Crippen molar-refractivity contribution < 1.29 is 15.4 Å². The van der Waals surface area contributed by atoms with Crippen LogP contribution in [-0.4, -0.2) is 11.3 Å². The molecule has 0 radical (unpaired) electrons. The van der Waals surface area contributed by atoms with Gasteiger partial charge in [-0.05, 0) is 193 Å². The lowest BCUT2D eigenvalue weighted by molar-refractivity contribution is 0.568. The van der Waals surface area contributed by atoms with Gasteiger partial charge >= 0.3 is 0 Å². The Hall–Kier alpha value is -13.2. The van der Waals surface area contributed by atoms with Gasteiger partial charge in [-0.25, -0.2) is 0 Å². The first-order valence-electron chi connectivity index (χ1n) is 45.3. The van der Waals surface area contributed by atoms with E-state index in [2.05, 4.69) is 384 Å². The molecule has 16 aromatic carbocycles. The normalized spacial score (nSPS) is 14.6. The number of furan rings is 1. The summed E-state index contributed by atoms with van der Waals surface area (Å²) in [5.41, 5.74) is 29.5. The summed E-state index contributed by atoms with van der Waals surface area (Å²) < 4.78 is 88.1. The average molecular weight is 1530 g/mol. The highest BCUT2D eigenvalue weighted by atomic mass is 16.3. The van der Waals surface area contributed by atoms with Gasteiger partial charge in [-0.15, -0.1) is 0 Å². The summed E-state index contributed by atoms with van der Waals surface area (Å²) in [6.07, 6.45) is 0. The van der Waals surface area contributed by atoms with E-state index in [0.717, 1.165) is 133 Å². The topological polar surface area (TPSA) is 24.6 Å². The van der Waals surface area contributed by atoms with Gasteiger partial charge < -0.3 is 18.8 Å². The zero-order valence-corrected chi connectivity index (χ0v) is 68.7. The summed E-state index contributed by atoms with van der Waals surface area (Å²) in [6, 6.07) is 107. The van der Waals surface area contributed by atoms with E-state index in [1.807, 2.05) is 12.1 Å². The highest BCUT2D eigenvalue weighted by molar-refractivity contribution is 7.00. The number of hydrogen-bond acceptors (Lipinski definition) is 3. The van der Waals surface area contributed by atoms with Crippen molar-refractivity contribution in [2.45, 2.75) is 110 Å². The van der Waals surface area contributed by atoms with Gasteiger partial charge in [0.05, 0.1) is 44.5 Å². The number of anilines is 6. The summed E-state index contributed by atoms with van der Waals surface area (Å²) in [6.45, 7) is 26.8. The summed E-state index contributed by atoms with van der Waals surface area (Å²) in [4.78, 5) is 4.77. The van der Waals surface area contributed by atoms with Gasteiger partial charge in [-0.2, -0.15) is 0 Å². The van der Waals surface area contributed by atoms with Crippen LogP contribution in [-0.2, 0) is 27.1 Å². The van der Waals surface area contributed by atoms with Crippen molar-refractivity contribution in [3.05, 3.63) is 396 Å². The number of benzene rings is 16. The Morgan fingerprint density at radius 1 is 0.297 bits per heavy atom. The lowest BCUT2D eigenvalue weighted by Gasteiger charge is -2.45. The molecule has 0 saturated heterocycles. The Morgan fingerprint density at radius 2 is 0.720 bits per heavy atom. The van der Waals surface area contributed by atoms with E-state index in [1.165, 1.54) is 27.8 Å². The maximum absolute atomic E-state index is 10.3. The van der Waals surface area contributed by atoms with Gasteiger partial charge in [0.15, 0.2) is 5.58 Å². The molecule has 0 fully saturated rings. The predicted molar refractivity (Wildman–Crippen MR) is 501 cm³/mol. The highest BCUT2D eigenvalue weighted by Gasteiger charge is 2.49. The van der Waals surface area contributed by atoms with Crippen LogP contribution in [0.4, 0.5) is 34.1 Å². The molecule has 0 atom stereocenters. The number of hydrogen-bond donors (Lipinski definition) is 0. The van der Waals surface area contributed by atoms with Crippen molar-refractivity contribution in [3.63, 3.8) is 0 Å². The molecule has 2 aromatic heterocycles. The Labute approximate surface area is 705 Å². The largest absolute Gasteiger partial charge is 0.453 e. The van der Waals surface area contributed by atoms with Crippen molar-refractivity contribution in [2.75, 3.05) is 9.80 Å². The number of para-hydroxylation sites is 4. The van der Waals surface area contributed by atoms with Crippen molar-refractivity contribution in [1.29, 1.82) is 0 Å². The van der Waals surface area contributed by atoms with Crippen LogP contribution in [0.5, 0.6) is 0 Å². The van der Waals surface area contributed by atoms with Crippen LogP contribution in [0.3, 0.4) is 0 Å². The first kappa shape index (κ1) is 64.0. The van der Waals surface area contributed by atoms with E-state index in [-0.39, 0.29) is 43.5 Å². The van der Waals surface area contributed by atoms with Crippen molar-refractivity contribution in [3.8, 4) is 72.4 Å². The molecule has 18 aromatic rings. The third kappa shape index (κ3) is 11.5. The second-order valence-electron chi connectivity index (χ2n) is 36.6. The number of fused-ring (bicyclic) bond motifs is 13. The third-order valence-electron chi connectivity index (χ3n) is 25.3. The van der Waals surface area contributed by atoms with E-state index in [1.54, 1.807) is 4.57 Å². The molecule has 4 nitrogen and oxygen atoms in total. The third-order valence-corrected chi connectivity index (χ3v) is 25.3. The fraction of sp³-hybridized carbons (Fsp3) is 0.150. The predicted octanol–water partition coefficient (Wildman–Crippen LogP) is 28.7. The molecule has 4 heterocycles. The lowest BCUT2D eigenvalue weighted by atomic mass is 9.33. The Bertz CT molecular complexity index is 7430. The molecule has 0 amide bonds. The van der Waals surface area contributed by atoms with E-state index < -0.39 is 60.5 Å². The lowest BCUT2D eigenvalue weighted by Crippen LogP contribution is -2.61. The fourth-order valence-electron chi connectivity index (χ4n) is 19.3. The van der Waals surface area contributed by atoms with Crippen LogP contribution in [0.25, 0.3) is 116 Å². The summed E-state index contributed by atoms with van der Waals surface area (Å²) in [7, 11) is 0. The molecule has 2 aliphatic heterocycles. The second-order valence-corrected chi connectivity index (χ2v) is 36.6. The molecular formula is C113H94BN3O. The minimum Gasteiger partial charge on any atom is -0.453 e. The molecule has 3 aliphatic rings. The molecule has 0 saturated carbocycles. The quantitative estimate of drug-likeness (QED) is 0.128. The number of aromatic nitrogens is 1. The summed E-state index contributed by atoms with van der Waals surface area (Å²) >= 11 is 0. The molecule has 21 rings (SSSR count).